The van der Waals surface area contributed by atoms with Crippen LogP contribution in [0.4, 0.5) is 0 Å². The Balaban J connectivity index is 3.87. The van der Waals surface area contributed by atoms with Crippen LogP contribution in [0, 0.1) is 10.8 Å². The van der Waals surface area contributed by atoms with Gasteiger partial charge in [-0.2, -0.15) is 0 Å². The number of amides is 4. The van der Waals surface area contributed by atoms with Crippen LogP contribution in [0.25, 0.3) is 0 Å². The normalized spacial score (nSPS) is 12.7. The number of unbranched alkanes of at least 4 members (excludes halogenated alkanes) is 1. The average Bonchev–Trinajstić information content (AvgIpc) is 3.12. The number of ketones is 1. The summed E-state index contributed by atoms with van der Waals surface area (Å²) in [6.45, 7) is 11.8. The fourth-order valence-electron chi connectivity index (χ4n) is 6.18. The van der Waals surface area contributed by atoms with Crippen molar-refractivity contribution in [1.82, 2.24) is 26.6 Å². The molecule has 18 nitrogen and oxygen atoms in total. The first-order valence-electron chi connectivity index (χ1n) is 19.9. The molecule has 0 aliphatic carbocycles. The van der Waals surface area contributed by atoms with E-state index in [4.69, 9.17) is 24.1 Å². The Labute approximate surface area is 338 Å². The van der Waals surface area contributed by atoms with Crippen molar-refractivity contribution >= 4 is 41.4 Å². The number of nitrogens with one attached hydrogen (secondary N) is 5. The van der Waals surface area contributed by atoms with Gasteiger partial charge in [-0.15, -0.1) is 0 Å². The van der Waals surface area contributed by atoms with E-state index in [1.54, 1.807) is 14.0 Å². The molecule has 0 radical (unpaired) electrons. The Kier molecular flexibility index (Phi) is 29.3. The van der Waals surface area contributed by atoms with E-state index >= 15 is 0 Å². The first kappa shape index (κ1) is 53.3. The van der Waals surface area contributed by atoms with Gasteiger partial charge in [-0.05, 0) is 76.2 Å². The van der Waals surface area contributed by atoms with Crippen molar-refractivity contribution in [3.05, 3.63) is 0 Å². The van der Waals surface area contributed by atoms with Gasteiger partial charge >= 0.3 is 11.9 Å². The van der Waals surface area contributed by atoms with Gasteiger partial charge in [-0.25, -0.2) is 4.79 Å². The lowest BCUT2D eigenvalue weighted by atomic mass is 9.71. The minimum atomic E-state index is -1.22. The summed E-state index contributed by atoms with van der Waals surface area (Å²) in [7, 11) is 1.75. The van der Waals surface area contributed by atoms with E-state index in [0.29, 0.717) is 25.8 Å². The molecule has 0 saturated carbocycles. The summed E-state index contributed by atoms with van der Waals surface area (Å²) in [6.07, 6.45) is 4.98. The fourth-order valence-corrected chi connectivity index (χ4v) is 6.18. The van der Waals surface area contributed by atoms with E-state index in [0.717, 1.165) is 25.7 Å². The third-order valence-corrected chi connectivity index (χ3v) is 8.95. The number of Topliss-reactive ketones (excluding diaryl/α,β-unsaturated/α-hetero) is 1. The highest BCUT2D eigenvalue weighted by Gasteiger charge is 2.29. The van der Waals surface area contributed by atoms with Gasteiger partial charge in [0.25, 0.3) is 0 Å². The summed E-state index contributed by atoms with van der Waals surface area (Å²) in [6, 6.07) is -1.35. The van der Waals surface area contributed by atoms with Crippen molar-refractivity contribution < 1.29 is 62.7 Å². The molecule has 0 aromatic carbocycles. The first-order valence-corrected chi connectivity index (χ1v) is 19.9. The predicted octanol–water partition coefficient (Wildman–Crippen LogP) is 1.58. The number of carbonyl (C=O) groups is 7. The van der Waals surface area contributed by atoms with E-state index in [2.05, 4.69) is 40.4 Å². The number of carboxylic acids is 2. The molecular formula is C39H71N5O13. The minimum Gasteiger partial charge on any atom is -0.481 e. The Morgan fingerprint density at radius 3 is 1.61 bits per heavy atom. The van der Waals surface area contributed by atoms with Crippen molar-refractivity contribution in [1.29, 1.82) is 0 Å². The molecule has 57 heavy (non-hydrogen) atoms. The molecule has 18 heteroatoms. The van der Waals surface area contributed by atoms with Crippen molar-refractivity contribution in [2.45, 2.75) is 117 Å². The van der Waals surface area contributed by atoms with Gasteiger partial charge in [0, 0.05) is 38.9 Å². The Bertz CT molecular complexity index is 1220. The highest BCUT2D eigenvalue weighted by atomic mass is 16.5. The molecular weight excluding hydrogens is 746 g/mol. The molecule has 0 bridgehead atoms. The van der Waals surface area contributed by atoms with Gasteiger partial charge in [0.2, 0.25) is 23.6 Å². The number of hydrogen-bond acceptors (Lipinski definition) is 12. The maximum atomic E-state index is 12.5. The zero-order valence-corrected chi connectivity index (χ0v) is 35.1. The summed E-state index contributed by atoms with van der Waals surface area (Å²) >= 11 is 0. The van der Waals surface area contributed by atoms with Crippen LogP contribution in [0.1, 0.15) is 105 Å². The molecule has 4 amide bonds. The average molecular weight is 818 g/mol. The van der Waals surface area contributed by atoms with Crippen LogP contribution < -0.4 is 26.6 Å². The van der Waals surface area contributed by atoms with Gasteiger partial charge in [-0.3, -0.25) is 28.8 Å². The molecule has 0 aliphatic heterocycles. The largest absolute Gasteiger partial charge is 0.481 e. The number of hydrogen-bond donors (Lipinski definition) is 7. The van der Waals surface area contributed by atoms with Crippen LogP contribution in [0.2, 0.25) is 0 Å². The smallest absolute Gasteiger partial charge is 0.326 e. The second-order valence-corrected chi connectivity index (χ2v) is 15.6. The molecule has 0 saturated heterocycles. The van der Waals surface area contributed by atoms with Gasteiger partial charge in [0.15, 0.2) is 0 Å². The summed E-state index contributed by atoms with van der Waals surface area (Å²) in [5, 5.41) is 32.1. The maximum absolute atomic E-state index is 12.5. The van der Waals surface area contributed by atoms with Crippen molar-refractivity contribution in [2.24, 2.45) is 10.8 Å². The topological polar surface area (TPSA) is 257 Å². The third kappa shape index (κ3) is 32.0. The Hall–Kier alpha value is -3.71. The molecule has 0 rings (SSSR count). The monoisotopic (exact) mass is 818 g/mol. The molecule has 0 aliphatic rings. The number of aliphatic carboxylic acids is 2. The first-order chi connectivity index (χ1) is 26.9. The SMILES string of the molecule is CN[C@@H](CCCCNC(=O)COCCOCCNC(=O)COCCOCCNC(=O)CC[C@H](NC(=O)CCCC(C)(C)CC(C)(C)CCC(=O)O)C(=O)O)C(C)=O. The maximum Gasteiger partial charge on any atom is 0.326 e. The number of likely N-dealkylation sites (N-methyl/N-ethyl adjacent to an activating group) is 1. The number of carboxylic acid groups (broad SMARTS) is 2. The number of rotatable bonds is 37. The highest BCUT2D eigenvalue weighted by Crippen LogP contribution is 2.40. The van der Waals surface area contributed by atoms with E-state index in [1.165, 1.54) is 0 Å². The summed E-state index contributed by atoms with van der Waals surface area (Å²) < 4.78 is 21.3. The fraction of sp³-hybridized carbons (Fsp3) is 0.821. The molecule has 0 heterocycles. The molecule has 7 N–H and O–H groups in total. The molecule has 0 aromatic rings. The van der Waals surface area contributed by atoms with Gasteiger partial charge < -0.3 is 55.7 Å². The van der Waals surface area contributed by atoms with Gasteiger partial charge in [0.05, 0.1) is 45.7 Å². The molecule has 0 aromatic heterocycles. The van der Waals surface area contributed by atoms with E-state index in [-0.39, 0.29) is 132 Å². The molecule has 0 spiro atoms. The molecule has 0 fully saturated rings. The van der Waals surface area contributed by atoms with Crippen LogP contribution in [-0.2, 0) is 52.5 Å². The van der Waals surface area contributed by atoms with Crippen molar-refractivity contribution in [3.8, 4) is 0 Å². The highest BCUT2D eigenvalue weighted by molar-refractivity contribution is 5.84. The van der Waals surface area contributed by atoms with Crippen molar-refractivity contribution in [3.63, 3.8) is 0 Å². The van der Waals surface area contributed by atoms with Gasteiger partial charge in [-0.1, -0.05) is 27.7 Å². The van der Waals surface area contributed by atoms with Crippen LogP contribution in [0.3, 0.4) is 0 Å². The molecule has 330 valence electrons. The summed E-state index contributed by atoms with van der Waals surface area (Å²) in [5.74, 6) is -3.29. The van der Waals surface area contributed by atoms with Crippen LogP contribution >= 0.6 is 0 Å². The zero-order valence-electron chi connectivity index (χ0n) is 35.1. The van der Waals surface area contributed by atoms with Crippen LogP contribution in [0.5, 0.6) is 0 Å². The standard InChI is InChI=1S/C39H71N5O13/c1-29(45)30(40-6)10-7-8-17-41-34(48)26-56-24-23-55-21-19-43-35(49)27-57-25-22-54-20-18-42-32(46)13-12-31(37(52)53)44-33(47)11-9-15-38(2,3)28-39(4,5)16-14-36(50)51/h30-31,40H,7-28H2,1-6H3,(H,41,48)(H,42,46)(H,43,49)(H,44,47)(H,50,51)(H,52,53)/t30-,31-/m0/s1. The quantitative estimate of drug-likeness (QED) is 0.0440. The second kappa shape index (κ2) is 31.3. The molecule has 2 atom stereocenters. The minimum absolute atomic E-state index is 0.0709. The third-order valence-electron chi connectivity index (χ3n) is 8.95. The Morgan fingerprint density at radius 2 is 1.09 bits per heavy atom. The van der Waals surface area contributed by atoms with Crippen LogP contribution in [-0.4, -0.2) is 143 Å². The molecule has 0 unspecified atom stereocenters. The Morgan fingerprint density at radius 1 is 0.561 bits per heavy atom. The predicted molar refractivity (Wildman–Crippen MR) is 211 cm³/mol. The summed E-state index contributed by atoms with van der Waals surface area (Å²) in [4.78, 5) is 82.4. The van der Waals surface area contributed by atoms with E-state index in [9.17, 15) is 38.7 Å². The zero-order chi connectivity index (χ0) is 43.1. The number of carbonyl (C=O) groups excluding carboxylic acids is 5. The second-order valence-electron chi connectivity index (χ2n) is 15.6. The van der Waals surface area contributed by atoms with Crippen LogP contribution in [0.15, 0.2) is 0 Å². The number of ether oxygens (including phenoxy) is 4. The van der Waals surface area contributed by atoms with E-state index < -0.39 is 23.9 Å². The van der Waals surface area contributed by atoms with Gasteiger partial charge in [0.1, 0.15) is 25.0 Å². The van der Waals surface area contributed by atoms with E-state index in [1.807, 2.05) is 13.8 Å². The van der Waals surface area contributed by atoms with Crippen molar-refractivity contribution in [2.75, 3.05) is 79.5 Å². The lowest BCUT2D eigenvalue weighted by Gasteiger charge is -2.35. The lowest BCUT2D eigenvalue weighted by Crippen LogP contribution is -2.41. The summed E-state index contributed by atoms with van der Waals surface area (Å²) in [5.41, 5.74) is -0.295. The lowest BCUT2D eigenvalue weighted by molar-refractivity contribution is -0.142.